The lowest BCUT2D eigenvalue weighted by atomic mass is 9.90. The fourth-order valence-electron chi connectivity index (χ4n) is 2.41. The standard InChI is InChI=1S/C17H18N2OS/c1-17(10-11-21-16(18)19-17)13-6-5-9-15(12-13)20-14-7-3-2-4-8-14/h2-9,12H,10-11H2,1H3,(H2,18,19)/t17-/m1/s1. The molecular weight excluding hydrogens is 280 g/mol. The van der Waals surface area contributed by atoms with Gasteiger partial charge in [-0.25, -0.2) is 0 Å². The highest BCUT2D eigenvalue weighted by Crippen LogP contribution is 2.36. The van der Waals surface area contributed by atoms with Crippen molar-refractivity contribution in [2.75, 3.05) is 5.75 Å². The maximum atomic E-state index is 5.90. The summed E-state index contributed by atoms with van der Waals surface area (Å²) in [5.41, 5.74) is 6.77. The summed E-state index contributed by atoms with van der Waals surface area (Å²) < 4.78 is 5.90. The fraction of sp³-hybridized carbons (Fsp3) is 0.235. The summed E-state index contributed by atoms with van der Waals surface area (Å²) >= 11 is 1.62. The Bertz CT molecular complexity index is 657. The highest BCUT2D eigenvalue weighted by atomic mass is 32.2. The van der Waals surface area contributed by atoms with Crippen molar-refractivity contribution in [2.24, 2.45) is 10.7 Å². The molecule has 2 aromatic rings. The number of hydrogen-bond donors (Lipinski definition) is 1. The van der Waals surface area contributed by atoms with Crippen LogP contribution in [0.25, 0.3) is 0 Å². The maximum absolute atomic E-state index is 5.90. The maximum Gasteiger partial charge on any atom is 0.154 e. The van der Waals surface area contributed by atoms with Crippen molar-refractivity contribution in [3.8, 4) is 11.5 Å². The molecule has 4 heteroatoms. The van der Waals surface area contributed by atoms with E-state index in [0.29, 0.717) is 5.17 Å². The summed E-state index contributed by atoms with van der Waals surface area (Å²) in [7, 11) is 0. The number of rotatable bonds is 3. The molecule has 0 fully saturated rings. The zero-order valence-electron chi connectivity index (χ0n) is 12.0. The Morgan fingerprint density at radius 2 is 1.86 bits per heavy atom. The lowest BCUT2D eigenvalue weighted by molar-refractivity contribution is 0.462. The Kier molecular flexibility index (Phi) is 3.88. The average Bonchev–Trinajstić information content (AvgIpc) is 2.48. The van der Waals surface area contributed by atoms with Gasteiger partial charge in [0.25, 0.3) is 0 Å². The first-order chi connectivity index (χ1) is 10.2. The first-order valence-electron chi connectivity index (χ1n) is 6.97. The van der Waals surface area contributed by atoms with Crippen LogP contribution >= 0.6 is 11.8 Å². The second-order valence-corrected chi connectivity index (χ2v) is 6.38. The Labute approximate surface area is 129 Å². The van der Waals surface area contributed by atoms with Gasteiger partial charge < -0.3 is 10.5 Å². The number of para-hydroxylation sites is 1. The number of nitrogens with two attached hydrogens (primary N) is 1. The molecule has 0 aromatic heterocycles. The second-order valence-electron chi connectivity index (χ2n) is 5.27. The van der Waals surface area contributed by atoms with Gasteiger partial charge in [-0.05, 0) is 43.2 Å². The van der Waals surface area contributed by atoms with E-state index in [0.717, 1.165) is 29.2 Å². The molecule has 0 aliphatic carbocycles. The largest absolute Gasteiger partial charge is 0.457 e. The van der Waals surface area contributed by atoms with Crippen LogP contribution in [0.15, 0.2) is 59.6 Å². The molecule has 1 aliphatic rings. The molecule has 1 aliphatic heterocycles. The van der Waals surface area contributed by atoms with Gasteiger partial charge in [0.05, 0.1) is 5.54 Å². The number of amidine groups is 1. The van der Waals surface area contributed by atoms with Crippen molar-refractivity contribution in [3.05, 3.63) is 60.2 Å². The van der Waals surface area contributed by atoms with Crippen molar-refractivity contribution < 1.29 is 4.74 Å². The van der Waals surface area contributed by atoms with Crippen LogP contribution in [0.5, 0.6) is 11.5 Å². The lowest BCUT2D eigenvalue weighted by Crippen LogP contribution is -2.28. The molecule has 1 atom stereocenters. The molecular formula is C17H18N2OS. The van der Waals surface area contributed by atoms with E-state index in [4.69, 9.17) is 10.5 Å². The molecule has 0 saturated heterocycles. The predicted molar refractivity (Wildman–Crippen MR) is 89.0 cm³/mol. The molecule has 0 unspecified atom stereocenters. The molecule has 21 heavy (non-hydrogen) atoms. The minimum Gasteiger partial charge on any atom is -0.457 e. The second kappa shape index (κ2) is 5.82. The highest BCUT2D eigenvalue weighted by molar-refractivity contribution is 8.13. The number of ether oxygens (including phenoxy) is 1. The molecule has 0 saturated carbocycles. The summed E-state index contributed by atoms with van der Waals surface area (Å²) in [6.07, 6.45) is 0.979. The molecule has 3 rings (SSSR count). The van der Waals surface area contributed by atoms with Crippen molar-refractivity contribution in [1.29, 1.82) is 0 Å². The van der Waals surface area contributed by atoms with E-state index in [1.165, 1.54) is 0 Å². The highest BCUT2D eigenvalue weighted by Gasteiger charge is 2.29. The number of benzene rings is 2. The minimum absolute atomic E-state index is 0.259. The quantitative estimate of drug-likeness (QED) is 0.926. The number of hydrogen-bond acceptors (Lipinski definition) is 4. The summed E-state index contributed by atoms with van der Waals surface area (Å²) in [5, 5.41) is 0.665. The first-order valence-corrected chi connectivity index (χ1v) is 7.96. The van der Waals surface area contributed by atoms with E-state index >= 15 is 0 Å². The molecule has 2 aromatic carbocycles. The molecule has 0 radical (unpaired) electrons. The predicted octanol–water partition coefficient (Wildman–Crippen LogP) is 4.15. The first kappa shape index (κ1) is 14.0. The van der Waals surface area contributed by atoms with E-state index in [2.05, 4.69) is 24.0 Å². The number of nitrogens with zero attached hydrogens (tertiary/aromatic N) is 1. The Morgan fingerprint density at radius 3 is 2.62 bits per heavy atom. The van der Waals surface area contributed by atoms with Crippen LogP contribution in [0.1, 0.15) is 18.9 Å². The minimum atomic E-state index is -0.259. The smallest absolute Gasteiger partial charge is 0.154 e. The molecule has 108 valence electrons. The van der Waals surface area contributed by atoms with E-state index in [1.807, 2.05) is 42.5 Å². The fourth-order valence-corrected chi connectivity index (χ4v) is 3.39. The van der Waals surface area contributed by atoms with Gasteiger partial charge in [0.1, 0.15) is 11.5 Å². The summed E-state index contributed by atoms with van der Waals surface area (Å²) in [6, 6.07) is 17.9. The van der Waals surface area contributed by atoms with Gasteiger partial charge in [-0.15, -0.1) is 0 Å². The van der Waals surface area contributed by atoms with Crippen molar-refractivity contribution in [2.45, 2.75) is 18.9 Å². The van der Waals surface area contributed by atoms with Gasteiger partial charge in [-0.2, -0.15) is 0 Å². The molecule has 1 heterocycles. The van der Waals surface area contributed by atoms with E-state index in [9.17, 15) is 0 Å². The van der Waals surface area contributed by atoms with Crippen LogP contribution in [0.3, 0.4) is 0 Å². The van der Waals surface area contributed by atoms with Crippen molar-refractivity contribution >= 4 is 16.9 Å². The van der Waals surface area contributed by atoms with Crippen molar-refractivity contribution in [3.63, 3.8) is 0 Å². The Hall–Kier alpha value is -1.94. The molecule has 0 spiro atoms. The van der Waals surface area contributed by atoms with E-state index in [-0.39, 0.29) is 5.54 Å². The number of aliphatic imine (C=N–C) groups is 1. The molecule has 0 bridgehead atoms. The zero-order valence-corrected chi connectivity index (χ0v) is 12.8. The Balaban J connectivity index is 1.88. The average molecular weight is 298 g/mol. The van der Waals surface area contributed by atoms with Crippen LogP contribution in [0, 0.1) is 0 Å². The van der Waals surface area contributed by atoms with Crippen LogP contribution in [0.4, 0.5) is 0 Å². The number of thioether (sulfide) groups is 1. The van der Waals surface area contributed by atoms with Gasteiger partial charge in [0.15, 0.2) is 5.17 Å². The lowest BCUT2D eigenvalue weighted by Gasteiger charge is -2.30. The molecule has 2 N–H and O–H groups in total. The third kappa shape index (κ3) is 3.22. The summed E-state index contributed by atoms with van der Waals surface area (Å²) in [6.45, 7) is 2.13. The van der Waals surface area contributed by atoms with E-state index < -0.39 is 0 Å². The third-order valence-electron chi connectivity index (χ3n) is 3.63. The van der Waals surface area contributed by atoms with Crippen LogP contribution < -0.4 is 10.5 Å². The zero-order chi connectivity index (χ0) is 14.7. The van der Waals surface area contributed by atoms with Gasteiger partial charge in [0.2, 0.25) is 0 Å². The molecule has 0 amide bonds. The van der Waals surface area contributed by atoms with Crippen LogP contribution in [-0.2, 0) is 5.54 Å². The summed E-state index contributed by atoms with van der Waals surface area (Å²) in [4.78, 5) is 4.63. The normalized spacial score (nSPS) is 21.7. The molecule has 3 nitrogen and oxygen atoms in total. The van der Waals surface area contributed by atoms with Crippen LogP contribution in [0.2, 0.25) is 0 Å². The topological polar surface area (TPSA) is 47.6 Å². The van der Waals surface area contributed by atoms with Crippen LogP contribution in [-0.4, -0.2) is 10.9 Å². The van der Waals surface area contributed by atoms with E-state index in [1.54, 1.807) is 11.8 Å². The van der Waals surface area contributed by atoms with Gasteiger partial charge in [0, 0.05) is 5.75 Å². The van der Waals surface area contributed by atoms with Gasteiger partial charge >= 0.3 is 0 Å². The monoisotopic (exact) mass is 298 g/mol. The van der Waals surface area contributed by atoms with Gasteiger partial charge in [-0.3, -0.25) is 4.99 Å². The van der Waals surface area contributed by atoms with Crippen molar-refractivity contribution in [1.82, 2.24) is 0 Å². The SMILES string of the molecule is C[C@]1(c2cccc(Oc3ccccc3)c2)CCSC(N)=N1. The Morgan fingerprint density at radius 1 is 1.10 bits per heavy atom. The van der Waals surface area contributed by atoms with Gasteiger partial charge in [-0.1, -0.05) is 42.1 Å². The third-order valence-corrected chi connectivity index (χ3v) is 4.43. The summed E-state index contributed by atoms with van der Waals surface area (Å²) in [5.74, 6) is 2.66.